The fourth-order valence-electron chi connectivity index (χ4n) is 4.76. The van der Waals surface area contributed by atoms with E-state index < -0.39 is 0 Å². The molecule has 158 valence electrons. The minimum atomic E-state index is -0.0219. The molecule has 1 aliphatic heterocycles. The second-order valence-electron chi connectivity index (χ2n) is 8.12. The summed E-state index contributed by atoms with van der Waals surface area (Å²) in [5, 5.41) is 17.1. The number of likely N-dealkylation sites (N-methyl/N-ethyl adjacent to an activating group) is 1. The van der Waals surface area contributed by atoms with E-state index in [0.717, 1.165) is 42.9 Å². The Morgan fingerprint density at radius 3 is 2.73 bits per heavy atom. The SMILES string of the molecule is CCN(CC)CCNC(=O)c1ccc2c(c1)C1C=CCC1C(c1ccccc1O)N2. The van der Waals surface area contributed by atoms with E-state index in [0.29, 0.717) is 23.8 Å². The van der Waals surface area contributed by atoms with Crippen molar-refractivity contribution in [2.75, 3.05) is 31.5 Å². The molecule has 0 bridgehead atoms. The molecule has 30 heavy (non-hydrogen) atoms. The average Bonchev–Trinajstić information content (AvgIpc) is 3.26. The first-order chi connectivity index (χ1) is 14.6. The summed E-state index contributed by atoms with van der Waals surface area (Å²) in [5.74, 6) is 0.876. The Bertz CT molecular complexity index is 936. The molecule has 2 aromatic carbocycles. The molecule has 5 nitrogen and oxygen atoms in total. The molecule has 3 atom stereocenters. The fraction of sp³-hybridized carbons (Fsp3) is 0.400. The number of nitrogens with zero attached hydrogens (tertiary/aromatic N) is 1. The predicted molar refractivity (Wildman–Crippen MR) is 121 cm³/mol. The van der Waals surface area contributed by atoms with Crippen molar-refractivity contribution in [3.63, 3.8) is 0 Å². The fourth-order valence-corrected chi connectivity index (χ4v) is 4.76. The first kappa shape index (κ1) is 20.5. The molecule has 0 spiro atoms. The van der Waals surface area contributed by atoms with Crippen molar-refractivity contribution >= 4 is 11.6 Å². The average molecular weight is 406 g/mol. The Balaban J connectivity index is 1.53. The molecule has 0 fully saturated rings. The van der Waals surface area contributed by atoms with Gasteiger partial charge in [0.2, 0.25) is 0 Å². The van der Waals surface area contributed by atoms with Crippen LogP contribution in [0.15, 0.2) is 54.6 Å². The summed E-state index contributed by atoms with van der Waals surface area (Å²) >= 11 is 0. The number of phenolic OH excluding ortho intramolecular Hbond substituents is 1. The van der Waals surface area contributed by atoms with Gasteiger partial charge in [-0.2, -0.15) is 0 Å². The van der Waals surface area contributed by atoms with Crippen LogP contribution in [0.25, 0.3) is 0 Å². The van der Waals surface area contributed by atoms with E-state index in [2.05, 4.69) is 41.5 Å². The number of phenols is 1. The normalized spacial score (nSPS) is 21.8. The van der Waals surface area contributed by atoms with Crippen LogP contribution < -0.4 is 10.6 Å². The van der Waals surface area contributed by atoms with Gasteiger partial charge < -0.3 is 20.6 Å². The lowest BCUT2D eigenvalue weighted by atomic mass is 9.76. The quantitative estimate of drug-likeness (QED) is 0.601. The van der Waals surface area contributed by atoms with Crippen molar-refractivity contribution in [1.29, 1.82) is 0 Å². The van der Waals surface area contributed by atoms with Gasteiger partial charge in [0, 0.05) is 35.8 Å². The maximum Gasteiger partial charge on any atom is 0.251 e. The molecule has 1 aliphatic carbocycles. The van der Waals surface area contributed by atoms with Crippen LogP contribution in [-0.4, -0.2) is 42.1 Å². The number of fused-ring (bicyclic) bond motifs is 3. The molecule has 3 N–H and O–H groups in total. The molecule has 2 aliphatic rings. The van der Waals surface area contributed by atoms with E-state index in [-0.39, 0.29) is 17.9 Å². The zero-order valence-corrected chi connectivity index (χ0v) is 17.8. The molecule has 0 saturated heterocycles. The van der Waals surface area contributed by atoms with E-state index >= 15 is 0 Å². The summed E-state index contributed by atoms with van der Waals surface area (Å²) in [7, 11) is 0. The lowest BCUT2D eigenvalue weighted by Crippen LogP contribution is -2.35. The first-order valence-electron chi connectivity index (χ1n) is 11.0. The highest BCUT2D eigenvalue weighted by Gasteiger charge is 2.39. The van der Waals surface area contributed by atoms with Gasteiger partial charge in [-0.15, -0.1) is 0 Å². The van der Waals surface area contributed by atoms with E-state index in [1.54, 1.807) is 6.07 Å². The van der Waals surface area contributed by atoms with Gasteiger partial charge in [-0.05, 0) is 55.3 Å². The topological polar surface area (TPSA) is 64.6 Å². The Labute approximate surface area is 178 Å². The third kappa shape index (κ3) is 3.94. The molecule has 4 rings (SSSR count). The maximum atomic E-state index is 12.7. The third-order valence-corrected chi connectivity index (χ3v) is 6.50. The number of amides is 1. The smallest absolute Gasteiger partial charge is 0.251 e. The first-order valence-corrected chi connectivity index (χ1v) is 11.0. The third-order valence-electron chi connectivity index (χ3n) is 6.50. The van der Waals surface area contributed by atoms with Crippen molar-refractivity contribution in [3.05, 3.63) is 71.3 Å². The molecular formula is C25H31N3O2. The van der Waals surface area contributed by atoms with E-state index in [4.69, 9.17) is 0 Å². The van der Waals surface area contributed by atoms with Crippen molar-refractivity contribution in [3.8, 4) is 5.75 Å². The summed E-state index contributed by atoms with van der Waals surface area (Å²) in [6, 6.07) is 13.5. The number of aromatic hydroxyl groups is 1. The highest BCUT2D eigenvalue weighted by Crippen LogP contribution is 2.51. The lowest BCUT2D eigenvalue weighted by molar-refractivity contribution is 0.0948. The second kappa shape index (κ2) is 8.92. The number of hydrogen-bond acceptors (Lipinski definition) is 4. The Kier molecular flexibility index (Phi) is 6.09. The molecule has 1 heterocycles. The zero-order valence-electron chi connectivity index (χ0n) is 17.8. The van der Waals surface area contributed by atoms with Crippen LogP contribution in [0.4, 0.5) is 5.69 Å². The number of carbonyl (C=O) groups excluding carboxylic acids is 1. The Morgan fingerprint density at radius 2 is 1.97 bits per heavy atom. The van der Waals surface area contributed by atoms with Crippen molar-refractivity contribution in [1.82, 2.24) is 10.2 Å². The standard InChI is InChI=1S/C25H31N3O2/c1-3-28(4-2)15-14-26-25(30)17-12-13-22-21(16-17)18-9-7-10-19(18)24(27-22)20-8-5-6-11-23(20)29/h5-9,11-13,16,18-19,24,27,29H,3-4,10,14-15H2,1-2H3,(H,26,30). The van der Waals surface area contributed by atoms with E-state index in [1.165, 1.54) is 0 Å². The highest BCUT2D eigenvalue weighted by atomic mass is 16.3. The van der Waals surface area contributed by atoms with Gasteiger partial charge in [0.05, 0.1) is 6.04 Å². The predicted octanol–water partition coefficient (Wildman–Crippen LogP) is 4.29. The molecule has 0 saturated carbocycles. The van der Waals surface area contributed by atoms with Crippen LogP contribution in [0, 0.1) is 5.92 Å². The second-order valence-corrected chi connectivity index (χ2v) is 8.12. The van der Waals surface area contributed by atoms with Crippen LogP contribution in [0.3, 0.4) is 0 Å². The van der Waals surface area contributed by atoms with Crippen LogP contribution in [0.5, 0.6) is 5.75 Å². The Morgan fingerprint density at radius 1 is 1.17 bits per heavy atom. The van der Waals surface area contributed by atoms with Gasteiger partial charge in [-0.1, -0.05) is 44.2 Å². The number of rotatable bonds is 7. The van der Waals surface area contributed by atoms with E-state index in [1.807, 2.05) is 36.4 Å². The highest BCUT2D eigenvalue weighted by molar-refractivity contribution is 5.95. The van der Waals surface area contributed by atoms with Crippen LogP contribution in [-0.2, 0) is 0 Å². The molecule has 0 aromatic heterocycles. The molecular weight excluding hydrogens is 374 g/mol. The summed E-state index contributed by atoms with van der Waals surface area (Å²) in [6.07, 6.45) is 5.42. The minimum absolute atomic E-state index is 0.0219. The molecule has 5 heteroatoms. The minimum Gasteiger partial charge on any atom is -0.508 e. The zero-order chi connectivity index (χ0) is 21.1. The van der Waals surface area contributed by atoms with Gasteiger partial charge in [0.1, 0.15) is 5.75 Å². The van der Waals surface area contributed by atoms with Gasteiger partial charge in [-0.3, -0.25) is 4.79 Å². The number of para-hydroxylation sites is 1. The number of anilines is 1. The summed E-state index contributed by atoms with van der Waals surface area (Å²) in [5.41, 5.74) is 3.84. The van der Waals surface area contributed by atoms with Gasteiger partial charge >= 0.3 is 0 Å². The number of hydrogen-bond donors (Lipinski definition) is 3. The summed E-state index contributed by atoms with van der Waals surface area (Å²) in [4.78, 5) is 15.0. The molecule has 3 unspecified atom stereocenters. The van der Waals surface area contributed by atoms with Crippen LogP contribution in [0.2, 0.25) is 0 Å². The molecule has 2 aromatic rings. The van der Waals surface area contributed by atoms with Gasteiger partial charge in [0.25, 0.3) is 5.91 Å². The van der Waals surface area contributed by atoms with Gasteiger partial charge in [0.15, 0.2) is 0 Å². The van der Waals surface area contributed by atoms with Gasteiger partial charge in [-0.25, -0.2) is 0 Å². The largest absolute Gasteiger partial charge is 0.508 e. The lowest BCUT2D eigenvalue weighted by Gasteiger charge is -2.38. The van der Waals surface area contributed by atoms with Crippen LogP contribution >= 0.6 is 0 Å². The molecule has 1 amide bonds. The number of allylic oxidation sites excluding steroid dienone is 2. The van der Waals surface area contributed by atoms with Crippen LogP contribution in [0.1, 0.15) is 53.7 Å². The number of nitrogens with one attached hydrogen (secondary N) is 2. The monoisotopic (exact) mass is 405 g/mol. The van der Waals surface area contributed by atoms with Crippen molar-refractivity contribution < 1.29 is 9.90 Å². The number of benzene rings is 2. The summed E-state index contributed by atoms with van der Waals surface area (Å²) in [6.45, 7) is 7.76. The van der Waals surface area contributed by atoms with E-state index in [9.17, 15) is 9.90 Å². The molecule has 0 radical (unpaired) electrons. The van der Waals surface area contributed by atoms with Crippen molar-refractivity contribution in [2.45, 2.75) is 32.2 Å². The maximum absolute atomic E-state index is 12.7. The van der Waals surface area contributed by atoms with Crippen molar-refractivity contribution in [2.24, 2.45) is 5.92 Å². The Hall–Kier alpha value is -2.79. The number of carbonyl (C=O) groups is 1. The summed E-state index contributed by atoms with van der Waals surface area (Å²) < 4.78 is 0.